The first-order chi connectivity index (χ1) is 14.7. The second kappa shape index (κ2) is 9.60. The summed E-state index contributed by atoms with van der Waals surface area (Å²) >= 11 is 12.0. The van der Waals surface area contributed by atoms with Gasteiger partial charge in [0, 0.05) is 29.2 Å². The minimum Gasteiger partial charge on any atom is -0.497 e. The second-order valence-electron chi connectivity index (χ2n) is 6.61. The summed E-state index contributed by atoms with van der Waals surface area (Å²) in [6, 6.07) is 17.5. The Morgan fingerprint density at radius 3 is 2.23 bits per heavy atom. The van der Waals surface area contributed by atoms with Gasteiger partial charge in [0.25, 0.3) is 15.9 Å². The molecular formula is C22H20Cl2N2O4S. The van der Waals surface area contributed by atoms with Crippen LogP contribution < -0.4 is 14.4 Å². The number of rotatable bonds is 7. The van der Waals surface area contributed by atoms with Gasteiger partial charge in [0.2, 0.25) is 0 Å². The standard InChI is InChI=1S/C22H20Cl2N2O4S/c1-26(31(28,29)20-11-9-19(30-2)10-12-20)18-7-4-15(5-8-18)22(27)25-14-16-3-6-17(23)13-21(16)24/h3-13H,14H2,1-2H3,(H,25,27). The molecule has 3 aromatic rings. The topological polar surface area (TPSA) is 75.7 Å². The lowest BCUT2D eigenvalue weighted by atomic mass is 10.1. The molecule has 3 rings (SSSR count). The summed E-state index contributed by atoms with van der Waals surface area (Å²) in [5, 5.41) is 3.77. The molecule has 0 spiro atoms. The molecule has 0 aromatic heterocycles. The number of benzene rings is 3. The van der Waals surface area contributed by atoms with Gasteiger partial charge in [-0.15, -0.1) is 0 Å². The molecule has 0 fully saturated rings. The van der Waals surface area contributed by atoms with Crippen molar-refractivity contribution in [3.8, 4) is 5.75 Å². The molecule has 0 unspecified atom stereocenters. The highest BCUT2D eigenvalue weighted by molar-refractivity contribution is 7.92. The quantitative estimate of drug-likeness (QED) is 0.531. The lowest BCUT2D eigenvalue weighted by Crippen LogP contribution is -2.27. The molecule has 1 N–H and O–H groups in total. The maximum atomic E-state index is 12.9. The van der Waals surface area contributed by atoms with Gasteiger partial charge in [-0.2, -0.15) is 0 Å². The third-order valence-corrected chi connectivity index (χ3v) is 7.05. The van der Waals surface area contributed by atoms with Crippen LogP contribution in [0.15, 0.2) is 71.6 Å². The van der Waals surface area contributed by atoms with E-state index in [1.165, 1.54) is 26.3 Å². The highest BCUT2D eigenvalue weighted by Gasteiger charge is 2.21. The molecule has 0 bridgehead atoms. The van der Waals surface area contributed by atoms with Gasteiger partial charge in [0.05, 0.1) is 17.7 Å². The molecule has 0 aliphatic carbocycles. The zero-order valence-corrected chi connectivity index (χ0v) is 19.1. The smallest absolute Gasteiger partial charge is 0.264 e. The molecule has 1 amide bonds. The van der Waals surface area contributed by atoms with Crippen molar-refractivity contribution in [1.82, 2.24) is 5.32 Å². The molecule has 0 aliphatic heterocycles. The van der Waals surface area contributed by atoms with Gasteiger partial charge in [-0.05, 0) is 66.2 Å². The average Bonchev–Trinajstić information content (AvgIpc) is 2.78. The molecule has 0 aliphatic rings. The lowest BCUT2D eigenvalue weighted by Gasteiger charge is -2.20. The number of nitrogens with one attached hydrogen (secondary N) is 1. The number of amides is 1. The van der Waals surface area contributed by atoms with Crippen LogP contribution in [0.3, 0.4) is 0 Å². The van der Waals surface area contributed by atoms with Crippen LogP contribution in [-0.2, 0) is 16.6 Å². The Labute approximate surface area is 191 Å². The van der Waals surface area contributed by atoms with Crippen LogP contribution in [0.4, 0.5) is 5.69 Å². The Hall–Kier alpha value is -2.74. The van der Waals surface area contributed by atoms with Crippen molar-refractivity contribution < 1.29 is 17.9 Å². The number of anilines is 1. The van der Waals surface area contributed by atoms with Crippen LogP contribution in [0, 0.1) is 0 Å². The number of carbonyl (C=O) groups excluding carboxylic acids is 1. The van der Waals surface area contributed by atoms with E-state index in [-0.39, 0.29) is 17.3 Å². The van der Waals surface area contributed by atoms with E-state index in [9.17, 15) is 13.2 Å². The molecule has 31 heavy (non-hydrogen) atoms. The molecule has 0 atom stereocenters. The van der Waals surface area contributed by atoms with Gasteiger partial charge in [-0.3, -0.25) is 9.10 Å². The molecule has 0 radical (unpaired) electrons. The molecular weight excluding hydrogens is 459 g/mol. The molecule has 3 aromatic carbocycles. The Morgan fingerprint density at radius 1 is 1.00 bits per heavy atom. The maximum Gasteiger partial charge on any atom is 0.264 e. The van der Waals surface area contributed by atoms with Gasteiger partial charge in [-0.25, -0.2) is 8.42 Å². The van der Waals surface area contributed by atoms with Crippen LogP contribution in [-0.4, -0.2) is 28.5 Å². The van der Waals surface area contributed by atoms with E-state index >= 15 is 0 Å². The summed E-state index contributed by atoms with van der Waals surface area (Å²) in [6.07, 6.45) is 0. The van der Waals surface area contributed by atoms with Crippen LogP contribution in [0.1, 0.15) is 15.9 Å². The van der Waals surface area contributed by atoms with E-state index in [2.05, 4.69) is 5.32 Å². The first-order valence-electron chi connectivity index (χ1n) is 9.17. The zero-order valence-electron chi connectivity index (χ0n) is 16.8. The van der Waals surface area contributed by atoms with Crippen molar-refractivity contribution in [3.05, 3.63) is 87.9 Å². The van der Waals surface area contributed by atoms with Crippen LogP contribution in [0.25, 0.3) is 0 Å². The molecule has 162 valence electrons. The minimum absolute atomic E-state index is 0.137. The van der Waals surface area contributed by atoms with Gasteiger partial charge >= 0.3 is 0 Å². The average molecular weight is 479 g/mol. The number of sulfonamides is 1. The van der Waals surface area contributed by atoms with Crippen LogP contribution >= 0.6 is 23.2 Å². The molecule has 6 nitrogen and oxygen atoms in total. The van der Waals surface area contributed by atoms with E-state index in [1.54, 1.807) is 54.6 Å². The van der Waals surface area contributed by atoms with Gasteiger partial charge < -0.3 is 10.1 Å². The van der Waals surface area contributed by atoms with E-state index in [0.29, 0.717) is 27.0 Å². The lowest BCUT2D eigenvalue weighted by molar-refractivity contribution is 0.0951. The minimum atomic E-state index is -3.75. The normalized spacial score (nSPS) is 11.1. The predicted molar refractivity (Wildman–Crippen MR) is 123 cm³/mol. The van der Waals surface area contributed by atoms with Crippen LogP contribution in [0.2, 0.25) is 10.0 Å². The Morgan fingerprint density at radius 2 is 1.65 bits per heavy atom. The van der Waals surface area contributed by atoms with Crippen molar-refractivity contribution in [1.29, 1.82) is 0 Å². The second-order valence-corrected chi connectivity index (χ2v) is 9.43. The van der Waals surface area contributed by atoms with E-state index in [4.69, 9.17) is 27.9 Å². The third-order valence-electron chi connectivity index (χ3n) is 4.67. The fourth-order valence-corrected chi connectivity index (χ4v) is 4.48. The first kappa shape index (κ1) is 22.9. The summed E-state index contributed by atoms with van der Waals surface area (Å²) in [4.78, 5) is 12.6. The van der Waals surface area contributed by atoms with E-state index in [0.717, 1.165) is 9.87 Å². The van der Waals surface area contributed by atoms with Crippen molar-refractivity contribution in [3.63, 3.8) is 0 Å². The van der Waals surface area contributed by atoms with Crippen LogP contribution in [0.5, 0.6) is 5.75 Å². The maximum absolute atomic E-state index is 12.9. The number of halogens is 2. The largest absolute Gasteiger partial charge is 0.497 e. The highest BCUT2D eigenvalue weighted by Crippen LogP contribution is 2.24. The number of nitrogens with zero attached hydrogens (tertiary/aromatic N) is 1. The fraction of sp³-hybridized carbons (Fsp3) is 0.136. The summed E-state index contributed by atoms with van der Waals surface area (Å²) in [5.74, 6) is 0.259. The zero-order chi connectivity index (χ0) is 22.6. The van der Waals surface area contributed by atoms with Crippen molar-refractivity contribution in [2.75, 3.05) is 18.5 Å². The summed E-state index contributed by atoms with van der Waals surface area (Å²) in [6.45, 7) is 0.238. The molecule has 9 heteroatoms. The van der Waals surface area contributed by atoms with Crippen molar-refractivity contribution in [2.45, 2.75) is 11.4 Å². The fourth-order valence-electron chi connectivity index (χ4n) is 2.81. The highest BCUT2D eigenvalue weighted by atomic mass is 35.5. The molecule has 0 heterocycles. The summed E-state index contributed by atoms with van der Waals surface area (Å²) in [5.41, 5.74) is 1.55. The van der Waals surface area contributed by atoms with Gasteiger partial charge in [0.1, 0.15) is 5.75 Å². The number of hydrogen-bond acceptors (Lipinski definition) is 4. The number of hydrogen-bond donors (Lipinski definition) is 1. The third kappa shape index (κ3) is 5.31. The number of methoxy groups -OCH3 is 1. The molecule has 0 saturated heterocycles. The number of carbonyl (C=O) groups is 1. The van der Waals surface area contributed by atoms with E-state index in [1.807, 2.05) is 0 Å². The Kier molecular flexibility index (Phi) is 7.10. The van der Waals surface area contributed by atoms with Crippen molar-refractivity contribution in [2.24, 2.45) is 0 Å². The van der Waals surface area contributed by atoms with Crippen molar-refractivity contribution >= 4 is 44.8 Å². The Balaban J connectivity index is 1.70. The van der Waals surface area contributed by atoms with E-state index < -0.39 is 10.0 Å². The Bertz CT molecular complexity index is 1180. The summed E-state index contributed by atoms with van der Waals surface area (Å²) in [7, 11) is -0.786. The van der Waals surface area contributed by atoms with Gasteiger partial charge in [0.15, 0.2) is 0 Å². The monoisotopic (exact) mass is 478 g/mol. The first-order valence-corrected chi connectivity index (χ1v) is 11.4. The van der Waals surface area contributed by atoms with Gasteiger partial charge in [-0.1, -0.05) is 29.3 Å². The molecule has 0 saturated carbocycles. The SMILES string of the molecule is COc1ccc(S(=O)(=O)N(C)c2ccc(C(=O)NCc3ccc(Cl)cc3Cl)cc2)cc1. The predicted octanol–water partition coefficient (Wildman–Crippen LogP) is 4.76. The summed E-state index contributed by atoms with van der Waals surface area (Å²) < 4.78 is 31.9. The number of ether oxygens (including phenoxy) is 1.